The van der Waals surface area contributed by atoms with Crippen molar-refractivity contribution in [2.75, 3.05) is 32.1 Å². The molecule has 1 fully saturated rings. The van der Waals surface area contributed by atoms with E-state index in [9.17, 15) is 9.90 Å². The maximum absolute atomic E-state index is 15.7. The van der Waals surface area contributed by atoms with Gasteiger partial charge in [-0.1, -0.05) is 12.8 Å². The van der Waals surface area contributed by atoms with Gasteiger partial charge in [-0.3, -0.25) is 20.1 Å². The van der Waals surface area contributed by atoms with E-state index in [4.69, 9.17) is 25.4 Å². The van der Waals surface area contributed by atoms with Gasteiger partial charge in [0.1, 0.15) is 17.8 Å². The number of rotatable bonds is 10. The number of aromatic hydroxyl groups is 1. The number of halogens is 2. The van der Waals surface area contributed by atoms with Crippen molar-refractivity contribution in [1.29, 1.82) is 5.41 Å². The first-order valence-corrected chi connectivity index (χ1v) is 14.7. The topological polar surface area (TPSA) is 147 Å². The smallest absolute Gasteiger partial charge is 0.311 e. The van der Waals surface area contributed by atoms with Crippen LogP contribution in [-0.2, 0) is 9.53 Å². The van der Waals surface area contributed by atoms with Crippen LogP contribution in [0.5, 0.6) is 28.9 Å². The van der Waals surface area contributed by atoms with Gasteiger partial charge in [-0.25, -0.2) is 9.37 Å². The van der Waals surface area contributed by atoms with Crippen LogP contribution in [0.2, 0.25) is 0 Å². The molecule has 2 heterocycles. The van der Waals surface area contributed by atoms with Crippen LogP contribution in [0.3, 0.4) is 0 Å². The van der Waals surface area contributed by atoms with Crippen LogP contribution >= 0.6 is 0 Å². The zero-order chi connectivity index (χ0) is 32.2. The van der Waals surface area contributed by atoms with Crippen molar-refractivity contribution in [3.63, 3.8) is 0 Å². The summed E-state index contributed by atoms with van der Waals surface area (Å²) in [5.74, 6) is -4.94. The number of aliphatic imine (C=N–C) groups is 1. The lowest BCUT2D eigenvalue weighted by molar-refractivity contribution is -0.149. The van der Waals surface area contributed by atoms with Crippen LogP contribution in [-0.4, -0.2) is 66.3 Å². The van der Waals surface area contributed by atoms with Gasteiger partial charge in [0, 0.05) is 42.7 Å². The van der Waals surface area contributed by atoms with Gasteiger partial charge in [-0.2, -0.15) is 4.39 Å². The molecule has 0 spiro atoms. The Hall–Kier alpha value is -4.78. The molecule has 1 aliphatic heterocycles. The summed E-state index contributed by atoms with van der Waals surface area (Å²) < 4.78 is 47.5. The number of hydrogen-bond donors (Lipinski definition) is 3. The van der Waals surface area contributed by atoms with Crippen LogP contribution in [0.4, 0.5) is 14.5 Å². The highest BCUT2D eigenvalue weighted by atomic mass is 19.1. The minimum atomic E-state index is -1.24. The monoisotopic (exact) mass is 622 g/mol. The maximum atomic E-state index is 15.7. The summed E-state index contributed by atoms with van der Waals surface area (Å²) in [7, 11) is 3.79. The molecular weight excluding hydrogens is 586 g/mol. The van der Waals surface area contributed by atoms with Crippen molar-refractivity contribution < 1.29 is 32.9 Å². The normalized spacial score (nSPS) is 19.7. The average Bonchev–Trinajstić information content (AvgIpc) is 3.46. The van der Waals surface area contributed by atoms with E-state index in [1.54, 1.807) is 25.3 Å². The number of esters is 1. The van der Waals surface area contributed by atoms with Crippen LogP contribution in [0.1, 0.15) is 49.9 Å². The third kappa shape index (κ3) is 6.68. The Morgan fingerprint density at radius 3 is 2.64 bits per heavy atom. The number of nitrogens with two attached hydrogens (primary N) is 1. The minimum absolute atomic E-state index is 0.0880. The van der Waals surface area contributed by atoms with Crippen LogP contribution < -0.4 is 20.1 Å². The second kappa shape index (κ2) is 13.5. The molecule has 5 rings (SSSR count). The summed E-state index contributed by atoms with van der Waals surface area (Å²) in [6.45, 7) is 2.67. The molecule has 3 aromatic rings. The summed E-state index contributed by atoms with van der Waals surface area (Å²) in [6, 6.07) is 9.02. The average molecular weight is 623 g/mol. The summed E-state index contributed by atoms with van der Waals surface area (Å²) in [4.78, 5) is 25.1. The number of carbonyl (C=O) groups is 1. The van der Waals surface area contributed by atoms with Crippen molar-refractivity contribution in [2.45, 2.75) is 44.8 Å². The highest BCUT2D eigenvalue weighted by Gasteiger charge is 2.35. The standard InChI is InChI=1S/C32H36F2N6O5/c1-4-43-32(42)20-7-5-6-8-23(20)40(3)19-10-12-25(21(16-19)30-37-13-14-39(30)2)44-28-22(33)17-38-31(27(28)34)45-26-15-18(29(35)36)9-11-24(26)41/h9-13,15-17,20,23,30,41H,4-8,14H2,1-3H3,(H3,35,36). The number of phenolic OH excluding ortho intramolecular Hbond substituents is 1. The van der Waals surface area contributed by atoms with Crippen LogP contribution in [0, 0.1) is 23.0 Å². The van der Waals surface area contributed by atoms with E-state index in [1.807, 2.05) is 30.0 Å². The fourth-order valence-corrected chi connectivity index (χ4v) is 5.72. The number of pyridine rings is 1. The zero-order valence-corrected chi connectivity index (χ0v) is 25.3. The van der Waals surface area contributed by atoms with Gasteiger partial charge in [-0.15, -0.1) is 0 Å². The predicted molar refractivity (Wildman–Crippen MR) is 165 cm³/mol. The van der Waals surface area contributed by atoms with Crippen molar-refractivity contribution >= 4 is 23.7 Å². The number of nitrogens with one attached hydrogen (secondary N) is 1. The second-order valence-corrected chi connectivity index (χ2v) is 11.0. The largest absolute Gasteiger partial charge is 0.504 e. The Morgan fingerprint density at radius 2 is 1.93 bits per heavy atom. The summed E-state index contributed by atoms with van der Waals surface area (Å²) in [5, 5.41) is 17.8. The molecule has 11 nitrogen and oxygen atoms in total. The maximum Gasteiger partial charge on any atom is 0.311 e. The molecule has 0 bridgehead atoms. The van der Waals surface area contributed by atoms with Gasteiger partial charge in [0.25, 0.3) is 5.88 Å². The summed E-state index contributed by atoms with van der Waals surface area (Å²) in [6.07, 6.45) is 5.50. The van der Waals surface area contributed by atoms with Gasteiger partial charge < -0.3 is 30.0 Å². The second-order valence-electron chi connectivity index (χ2n) is 11.0. The quantitative estimate of drug-likeness (QED) is 0.151. The molecule has 0 radical (unpaired) electrons. The number of ether oxygens (including phenoxy) is 3. The van der Waals surface area contributed by atoms with E-state index in [0.29, 0.717) is 18.7 Å². The molecule has 45 heavy (non-hydrogen) atoms. The first kappa shape index (κ1) is 31.6. The highest BCUT2D eigenvalue weighted by molar-refractivity contribution is 5.95. The molecule has 2 aromatic carbocycles. The Morgan fingerprint density at radius 1 is 1.16 bits per heavy atom. The number of benzene rings is 2. The highest BCUT2D eigenvalue weighted by Crippen LogP contribution is 2.42. The zero-order valence-electron chi connectivity index (χ0n) is 25.3. The molecule has 1 aromatic heterocycles. The molecule has 13 heteroatoms. The van der Waals surface area contributed by atoms with Gasteiger partial charge in [0.15, 0.2) is 17.3 Å². The van der Waals surface area contributed by atoms with E-state index < -0.39 is 29.4 Å². The summed E-state index contributed by atoms with van der Waals surface area (Å²) >= 11 is 0. The molecule has 3 atom stereocenters. The van der Waals surface area contributed by atoms with Gasteiger partial charge in [-0.05, 0) is 63.2 Å². The molecular formula is C32H36F2N6O5. The first-order valence-electron chi connectivity index (χ1n) is 14.7. The molecule has 2 aliphatic rings. The number of nitrogen functional groups attached to an aromatic ring is 1. The molecule has 0 saturated heterocycles. The fourth-order valence-electron chi connectivity index (χ4n) is 5.72. The molecule has 1 saturated carbocycles. The van der Waals surface area contributed by atoms with Crippen LogP contribution in [0.15, 0.2) is 47.6 Å². The Kier molecular flexibility index (Phi) is 9.47. The van der Waals surface area contributed by atoms with E-state index in [2.05, 4.69) is 9.98 Å². The number of nitrogens with zero attached hydrogens (tertiary/aromatic N) is 4. The summed E-state index contributed by atoms with van der Waals surface area (Å²) in [5.41, 5.74) is 7.08. The number of hydrogen-bond acceptors (Lipinski definition) is 10. The van der Waals surface area contributed by atoms with E-state index in [0.717, 1.165) is 37.6 Å². The third-order valence-electron chi connectivity index (χ3n) is 8.12. The Labute approximate surface area is 259 Å². The Bertz CT molecular complexity index is 1620. The van der Waals surface area contributed by atoms with Crippen molar-refractivity contribution in [1.82, 2.24) is 9.88 Å². The van der Waals surface area contributed by atoms with Crippen molar-refractivity contribution in [3.8, 4) is 28.9 Å². The molecule has 238 valence electrons. The minimum Gasteiger partial charge on any atom is -0.504 e. The Balaban J connectivity index is 1.49. The van der Waals surface area contributed by atoms with Crippen LogP contribution in [0.25, 0.3) is 0 Å². The fraction of sp³-hybridized carbons (Fsp3) is 0.375. The SMILES string of the molecule is CCOC(=O)C1CCCCC1N(C)c1ccc(Oc2c(F)cnc(Oc3cc(C(=N)N)ccc3O)c2F)c(C2N=CCN2C)c1. The third-order valence-corrected chi connectivity index (χ3v) is 8.12. The first-order chi connectivity index (χ1) is 21.6. The van der Waals surface area contributed by atoms with Gasteiger partial charge in [0.2, 0.25) is 11.6 Å². The lowest BCUT2D eigenvalue weighted by Crippen LogP contribution is -2.44. The molecule has 0 amide bonds. The molecule has 4 N–H and O–H groups in total. The van der Waals surface area contributed by atoms with E-state index in [-0.39, 0.29) is 46.6 Å². The number of anilines is 1. The molecule has 1 aliphatic carbocycles. The number of aromatic nitrogens is 1. The lowest BCUT2D eigenvalue weighted by Gasteiger charge is -2.38. The number of carbonyl (C=O) groups excluding carboxylic acids is 1. The van der Waals surface area contributed by atoms with Gasteiger partial charge >= 0.3 is 5.97 Å². The van der Waals surface area contributed by atoms with Crippen molar-refractivity contribution in [3.05, 3.63) is 65.4 Å². The van der Waals surface area contributed by atoms with Crippen molar-refractivity contribution in [2.24, 2.45) is 16.6 Å². The van der Waals surface area contributed by atoms with Gasteiger partial charge in [0.05, 0.1) is 18.7 Å². The van der Waals surface area contributed by atoms with E-state index in [1.165, 1.54) is 18.2 Å². The predicted octanol–water partition coefficient (Wildman–Crippen LogP) is 5.51. The number of amidine groups is 1. The van der Waals surface area contributed by atoms with E-state index >= 15 is 8.78 Å². The number of phenols is 1. The lowest BCUT2D eigenvalue weighted by atomic mass is 9.83. The molecule has 3 unspecified atom stereocenters.